The minimum absolute atomic E-state index is 0.116. The van der Waals surface area contributed by atoms with E-state index in [0.29, 0.717) is 6.42 Å². The molecule has 0 bridgehead atoms. The standard InChI is InChI=1S/C7H13N3O2/c1-2-5-3-4-6(9-10-8)7(11)12-5/h5-7,11H,2-4H2,1H3/t5-,6?,7?/m1/s1. The molecule has 0 amide bonds. The Morgan fingerprint density at radius 2 is 2.42 bits per heavy atom. The number of nitrogens with zero attached hydrogens (tertiary/aromatic N) is 3. The van der Waals surface area contributed by atoms with Gasteiger partial charge in [-0.05, 0) is 24.8 Å². The molecule has 0 aliphatic carbocycles. The average molecular weight is 171 g/mol. The van der Waals surface area contributed by atoms with Crippen LogP contribution < -0.4 is 0 Å². The van der Waals surface area contributed by atoms with E-state index in [-0.39, 0.29) is 6.10 Å². The summed E-state index contributed by atoms with van der Waals surface area (Å²) in [4.78, 5) is 2.65. The van der Waals surface area contributed by atoms with Crippen molar-refractivity contribution in [3.05, 3.63) is 10.4 Å². The van der Waals surface area contributed by atoms with Crippen LogP contribution in [0.25, 0.3) is 10.4 Å². The van der Waals surface area contributed by atoms with Crippen molar-refractivity contribution in [2.75, 3.05) is 0 Å². The maximum absolute atomic E-state index is 9.31. The summed E-state index contributed by atoms with van der Waals surface area (Å²) in [5, 5.41) is 12.8. The Morgan fingerprint density at radius 1 is 1.67 bits per heavy atom. The van der Waals surface area contributed by atoms with Crippen molar-refractivity contribution in [3.8, 4) is 0 Å². The van der Waals surface area contributed by atoms with Crippen LogP contribution in [0, 0.1) is 0 Å². The van der Waals surface area contributed by atoms with E-state index in [1.54, 1.807) is 0 Å². The van der Waals surface area contributed by atoms with E-state index in [0.717, 1.165) is 12.8 Å². The molecule has 0 saturated carbocycles. The summed E-state index contributed by atoms with van der Waals surface area (Å²) in [5.41, 5.74) is 8.15. The van der Waals surface area contributed by atoms with E-state index in [1.165, 1.54) is 0 Å². The Hall–Kier alpha value is -0.770. The van der Waals surface area contributed by atoms with Gasteiger partial charge < -0.3 is 9.84 Å². The summed E-state index contributed by atoms with van der Waals surface area (Å²) in [6.45, 7) is 2.01. The van der Waals surface area contributed by atoms with Gasteiger partial charge in [-0.15, -0.1) is 0 Å². The third-order valence-corrected chi connectivity index (χ3v) is 2.10. The normalized spacial score (nSPS) is 35.7. The minimum atomic E-state index is -0.917. The summed E-state index contributed by atoms with van der Waals surface area (Å²) >= 11 is 0. The number of azide groups is 1. The number of aliphatic hydroxyl groups is 1. The highest BCUT2D eigenvalue weighted by molar-refractivity contribution is 4.77. The summed E-state index contributed by atoms with van der Waals surface area (Å²) in [5.74, 6) is 0. The molecule has 1 aliphatic rings. The molecule has 2 unspecified atom stereocenters. The SMILES string of the molecule is CC[C@@H]1CCC(N=[N+]=[N-])C(O)O1. The fourth-order valence-electron chi connectivity index (χ4n) is 1.34. The molecule has 1 saturated heterocycles. The van der Waals surface area contributed by atoms with Crippen molar-refractivity contribution < 1.29 is 9.84 Å². The van der Waals surface area contributed by atoms with Crippen LogP contribution in [0.4, 0.5) is 0 Å². The highest BCUT2D eigenvalue weighted by Gasteiger charge is 2.27. The zero-order valence-electron chi connectivity index (χ0n) is 7.05. The Kier molecular flexibility index (Phi) is 3.34. The third-order valence-electron chi connectivity index (χ3n) is 2.10. The first-order valence-electron chi connectivity index (χ1n) is 4.15. The highest BCUT2D eigenvalue weighted by Crippen LogP contribution is 2.22. The van der Waals surface area contributed by atoms with Gasteiger partial charge in [0.1, 0.15) is 0 Å². The number of hydrogen-bond acceptors (Lipinski definition) is 3. The molecule has 1 N–H and O–H groups in total. The van der Waals surface area contributed by atoms with E-state index in [1.807, 2.05) is 6.92 Å². The van der Waals surface area contributed by atoms with Crippen molar-refractivity contribution in [1.29, 1.82) is 0 Å². The topological polar surface area (TPSA) is 78.2 Å². The van der Waals surface area contributed by atoms with Crippen LogP contribution in [0.1, 0.15) is 26.2 Å². The molecular weight excluding hydrogens is 158 g/mol. The second kappa shape index (κ2) is 4.30. The lowest BCUT2D eigenvalue weighted by molar-refractivity contribution is -0.172. The Morgan fingerprint density at radius 3 is 2.92 bits per heavy atom. The second-order valence-corrected chi connectivity index (χ2v) is 2.91. The van der Waals surface area contributed by atoms with Crippen LogP contribution in [0.5, 0.6) is 0 Å². The van der Waals surface area contributed by atoms with E-state index in [2.05, 4.69) is 10.0 Å². The lowest BCUT2D eigenvalue weighted by Gasteiger charge is -2.30. The van der Waals surface area contributed by atoms with Gasteiger partial charge in [-0.25, -0.2) is 0 Å². The van der Waals surface area contributed by atoms with Gasteiger partial charge in [0, 0.05) is 4.91 Å². The predicted octanol–water partition coefficient (Wildman–Crippen LogP) is 1.57. The van der Waals surface area contributed by atoms with Gasteiger partial charge >= 0.3 is 0 Å². The highest BCUT2D eigenvalue weighted by atomic mass is 16.6. The molecule has 1 aliphatic heterocycles. The minimum Gasteiger partial charge on any atom is -0.368 e. The van der Waals surface area contributed by atoms with Crippen molar-refractivity contribution >= 4 is 0 Å². The molecule has 5 nitrogen and oxygen atoms in total. The predicted molar refractivity (Wildman–Crippen MR) is 43.3 cm³/mol. The van der Waals surface area contributed by atoms with Crippen molar-refractivity contribution in [2.24, 2.45) is 5.11 Å². The van der Waals surface area contributed by atoms with Gasteiger partial charge in [-0.2, -0.15) is 0 Å². The zero-order chi connectivity index (χ0) is 8.97. The molecule has 0 spiro atoms. The first-order valence-corrected chi connectivity index (χ1v) is 4.15. The molecule has 68 valence electrons. The van der Waals surface area contributed by atoms with E-state index >= 15 is 0 Å². The molecule has 0 aromatic carbocycles. The van der Waals surface area contributed by atoms with Gasteiger partial charge in [0.05, 0.1) is 12.1 Å². The quantitative estimate of drug-likeness (QED) is 0.389. The lowest BCUT2D eigenvalue weighted by atomic mass is 10.0. The van der Waals surface area contributed by atoms with Crippen LogP contribution >= 0.6 is 0 Å². The molecule has 3 atom stereocenters. The molecule has 0 aromatic heterocycles. The monoisotopic (exact) mass is 171 g/mol. The van der Waals surface area contributed by atoms with Crippen LogP contribution in [-0.4, -0.2) is 23.5 Å². The maximum atomic E-state index is 9.31. The van der Waals surface area contributed by atoms with Crippen LogP contribution in [0.3, 0.4) is 0 Å². The Bertz CT molecular complexity index is 191. The maximum Gasteiger partial charge on any atom is 0.163 e. The van der Waals surface area contributed by atoms with Crippen LogP contribution in [-0.2, 0) is 4.74 Å². The van der Waals surface area contributed by atoms with Gasteiger partial charge in [-0.1, -0.05) is 12.0 Å². The largest absolute Gasteiger partial charge is 0.368 e. The van der Waals surface area contributed by atoms with Crippen LogP contribution in [0.15, 0.2) is 5.11 Å². The smallest absolute Gasteiger partial charge is 0.163 e. The molecule has 1 rings (SSSR count). The van der Waals surface area contributed by atoms with Crippen molar-refractivity contribution in [2.45, 2.75) is 44.6 Å². The van der Waals surface area contributed by atoms with Crippen LogP contribution in [0.2, 0.25) is 0 Å². The van der Waals surface area contributed by atoms with Crippen molar-refractivity contribution in [1.82, 2.24) is 0 Å². The average Bonchev–Trinajstić information content (AvgIpc) is 2.09. The van der Waals surface area contributed by atoms with E-state index in [9.17, 15) is 5.11 Å². The Balaban J connectivity index is 2.47. The Labute approximate surface area is 71.0 Å². The van der Waals surface area contributed by atoms with Crippen molar-refractivity contribution in [3.63, 3.8) is 0 Å². The lowest BCUT2D eigenvalue weighted by Crippen LogP contribution is -2.37. The molecule has 0 radical (unpaired) electrons. The first-order chi connectivity index (χ1) is 5.77. The van der Waals surface area contributed by atoms with E-state index < -0.39 is 12.3 Å². The molecule has 12 heavy (non-hydrogen) atoms. The summed E-state index contributed by atoms with van der Waals surface area (Å²) < 4.78 is 5.19. The summed E-state index contributed by atoms with van der Waals surface area (Å²) in [6, 6.07) is -0.405. The van der Waals surface area contributed by atoms with E-state index in [4.69, 9.17) is 10.3 Å². The summed E-state index contributed by atoms with van der Waals surface area (Å²) in [7, 11) is 0. The van der Waals surface area contributed by atoms with Gasteiger partial charge in [-0.3, -0.25) is 0 Å². The van der Waals surface area contributed by atoms with Gasteiger partial charge in [0.2, 0.25) is 0 Å². The number of hydrogen-bond donors (Lipinski definition) is 1. The fraction of sp³-hybridized carbons (Fsp3) is 1.00. The molecule has 1 heterocycles. The molecule has 1 fully saturated rings. The first kappa shape index (κ1) is 9.32. The molecular formula is C7H13N3O2. The zero-order valence-corrected chi connectivity index (χ0v) is 7.05. The summed E-state index contributed by atoms with van der Waals surface area (Å²) in [6.07, 6.45) is 1.66. The van der Waals surface area contributed by atoms with Gasteiger partial charge in [0.25, 0.3) is 0 Å². The second-order valence-electron chi connectivity index (χ2n) is 2.91. The molecule has 5 heteroatoms. The molecule has 0 aromatic rings. The number of rotatable bonds is 2. The number of aliphatic hydroxyl groups excluding tert-OH is 1. The van der Waals surface area contributed by atoms with Gasteiger partial charge in [0.15, 0.2) is 6.29 Å². The number of ether oxygens (including phenoxy) is 1. The third kappa shape index (κ3) is 2.11. The fourth-order valence-corrected chi connectivity index (χ4v) is 1.34.